The second-order valence-corrected chi connectivity index (χ2v) is 9.86. The number of sulfonamides is 1. The van der Waals surface area contributed by atoms with E-state index in [0.717, 1.165) is 10.2 Å². The summed E-state index contributed by atoms with van der Waals surface area (Å²) >= 11 is 7.39. The summed E-state index contributed by atoms with van der Waals surface area (Å²) in [6, 6.07) is 11.5. The highest BCUT2D eigenvalue weighted by Gasteiger charge is 2.26. The first-order valence-corrected chi connectivity index (χ1v) is 11.6. The molecular formula is C19H18ClN3O4S2. The Bertz CT molecular complexity index is 1160. The fraction of sp³-hybridized carbons (Fsp3) is 0.263. The van der Waals surface area contributed by atoms with Gasteiger partial charge in [0.25, 0.3) is 0 Å². The lowest BCUT2D eigenvalue weighted by Crippen LogP contribution is -2.40. The molecule has 0 aliphatic carbocycles. The molecule has 2 aromatic carbocycles. The van der Waals surface area contributed by atoms with Crippen LogP contribution in [0.15, 0.2) is 47.4 Å². The Balaban J connectivity index is 1.47. The van der Waals surface area contributed by atoms with E-state index in [4.69, 9.17) is 16.3 Å². The largest absolute Gasteiger partial charge is 0.379 e. The van der Waals surface area contributed by atoms with Crippen molar-refractivity contribution in [2.24, 2.45) is 0 Å². The Kier molecular flexibility index (Phi) is 5.84. The normalized spacial score (nSPS) is 15.5. The monoisotopic (exact) mass is 451 g/mol. The molecule has 1 aliphatic heterocycles. The van der Waals surface area contributed by atoms with Crippen molar-refractivity contribution in [2.75, 3.05) is 38.2 Å². The van der Waals surface area contributed by atoms with Crippen LogP contribution in [0.3, 0.4) is 0 Å². The van der Waals surface area contributed by atoms with Gasteiger partial charge in [-0.3, -0.25) is 4.79 Å². The van der Waals surface area contributed by atoms with Crippen LogP contribution in [0, 0.1) is 0 Å². The summed E-state index contributed by atoms with van der Waals surface area (Å²) in [6.07, 6.45) is 0. The van der Waals surface area contributed by atoms with E-state index in [0.29, 0.717) is 42.0 Å². The van der Waals surface area contributed by atoms with Crippen LogP contribution in [0.2, 0.25) is 5.02 Å². The number of nitrogens with one attached hydrogen (secondary N) is 1. The maximum Gasteiger partial charge on any atom is 0.243 e. The standard InChI is InChI=1S/C19H18ClN3O4S2/c20-14-4-5-16-18(11-14)28-19(22-16)21-12-17(24)13-2-1-3-15(10-13)29(25,26)23-6-8-27-9-7-23/h1-5,10-11H,6-9,12H2,(H,21,22). The molecule has 1 fully saturated rings. The minimum absolute atomic E-state index is 0.00854. The number of hydrogen-bond acceptors (Lipinski definition) is 7. The average molecular weight is 452 g/mol. The van der Waals surface area contributed by atoms with Crippen LogP contribution < -0.4 is 5.32 Å². The number of hydrogen-bond donors (Lipinski definition) is 1. The molecule has 29 heavy (non-hydrogen) atoms. The number of ether oxygens (including phenoxy) is 1. The predicted octanol–water partition coefficient (Wildman–Crippen LogP) is 3.27. The third kappa shape index (κ3) is 4.44. The highest BCUT2D eigenvalue weighted by molar-refractivity contribution is 7.89. The molecule has 0 atom stereocenters. The van der Waals surface area contributed by atoms with Gasteiger partial charge in [0.05, 0.1) is 34.9 Å². The van der Waals surface area contributed by atoms with Crippen molar-refractivity contribution in [1.82, 2.24) is 9.29 Å². The summed E-state index contributed by atoms with van der Waals surface area (Å²) in [4.78, 5) is 17.1. The number of benzene rings is 2. The molecule has 1 N–H and O–H groups in total. The van der Waals surface area contributed by atoms with Crippen molar-refractivity contribution in [3.8, 4) is 0 Å². The Labute approximate surface area is 177 Å². The van der Waals surface area contributed by atoms with E-state index in [1.165, 1.54) is 27.8 Å². The van der Waals surface area contributed by atoms with Crippen LogP contribution in [0.4, 0.5) is 5.13 Å². The topological polar surface area (TPSA) is 88.6 Å². The van der Waals surface area contributed by atoms with E-state index in [9.17, 15) is 13.2 Å². The number of aromatic nitrogens is 1. The summed E-state index contributed by atoms with van der Waals surface area (Å²) in [6.45, 7) is 1.37. The fourth-order valence-corrected chi connectivity index (χ4v) is 5.59. The van der Waals surface area contributed by atoms with E-state index in [-0.39, 0.29) is 17.2 Å². The Morgan fingerprint density at radius 1 is 1.21 bits per heavy atom. The van der Waals surface area contributed by atoms with Crippen LogP contribution in [-0.4, -0.2) is 56.3 Å². The van der Waals surface area contributed by atoms with E-state index in [1.54, 1.807) is 18.2 Å². The molecule has 0 spiro atoms. The molecule has 1 saturated heterocycles. The third-order valence-corrected chi connectivity index (χ3v) is 7.62. The minimum Gasteiger partial charge on any atom is -0.379 e. The zero-order valence-electron chi connectivity index (χ0n) is 15.3. The third-order valence-electron chi connectivity index (χ3n) is 4.51. The molecule has 1 aromatic heterocycles. The Morgan fingerprint density at radius 2 is 2.00 bits per heavy atom. The molecule has 0 saturated carbocycles. The number of thiazole rings is 1. The number of rotatable bonds is 6. The summed E-state index contributed by atoms with van der Waals surface area (Å²) in [7, 11) is -3.65. The lowest BCUT2D eigenvalue weighted by atomic mass is 10.1. The zero-order valence-corrected chi connectivity index (χ0v) is 17.7. The Hall–Kier alpha value is -2.04. The highest BCUT2D eigenvalue weighted by atomic mass is 35.5. The highest BCUT2D eigenvalue weighted by Crippen LogP contribution is 2.28. The molecule has 1 aliphatic rings. The first-order valence-electron chi connectivity index (χ1n) is 8.94. The van der Waals surface area contributed by atoms with Gasteiger partial charge in [-0.1, -0.05) is 35.1 Å². The summed E-state index contributed by atoms with van der Waals surface area (Å²) < 4.78 is 33.1. The van der Waals surface area contributed by atoms with Crippen molar-refractivity contribution in [3.63, 3.8) is 0 Å². The van der Waals surface area contributed by atoms with Gasteiger partial charge in [0.2, 0.25) is 10.0 Å². The van der Waals surface area contributed by atoms with E-state index in [2.05, 4.69) is 10.3 Å². The van der Waals surface area contributed by atoms with Crippen LogP contribution >= 0.6 is 22.9 Å². The molecule has 0 bridgehead atoms. The van der Waals surface area contributed by atoms with E-state index in [1.807, 2.05) is 12.1 Å². The number of Topliss-reactive ketones (excluding diaryl/α,β-unsaturated/α-hetero) is 1. The number of anilines is 1. The van der Waals surface area contributed by atoms with E-state index < -0.39 is 10.0 Å². The molecule has 7 nitrogen and oxygen atoms in total. The number of ketones is 1. The molecule has 0 amide bonds. The summed E-state index contributed by atoms with van der Waals surface area (Å²) in [5.41, 5.74) is 1.13. The average Bonchev–Trinajstić information content (AvgIpc) is 3.14. The summed E-state index contributed by atoms with van der Waals surface area (Å²) in [5.74, 6) is -0.221. The van der Waals surface area contributed by atoms with Crippen molar-refractivity contribution in [1.29, 1.82) is 0 Å². The fourth-order valence-electron chi connectivity index (χ4n) is 3.00. The number of carbonyl (C=O) groups is 1. The molecule has 152 valence electrons. The SMILES string of the molecule is O=C(CNc1nc2ccc(Cl)cc2s1)c1cccc(S(=O)(=O)N2CCOCC2)c1. The maximum atomic E-state index is 12.8. The first kappa shape index (κ1) is 20.2. The van der Waals surface area contributed by atoms with Gasteiger partial charge in [-0.05, 0) is 30.3 Å². The van der Waals surface area contributed by atoms with Crippen LogP contribution in [0.25, 0.3) is 10.2 Å². The first-order chi connectivity index (χ1) is 13.9. The van der Waals surface area contributed by atoms with E-state index >= 15 is 0 Å². The lowest BCUT2D eigenvalue weighted by Gasteiger charge is -2.26. The number of halogens is 1. The zero-order chi connectivity index (χ0) is 20.4. The molecular weight excluding hydrogens is 434 g/mol. The Morgan fingerprint density at radius 3 is 2.79 bits per heavy atom. The maximum absolute atomic E-state index is 12.8. The number of fused-ring (bicyclic) bond motifs is 1. The van der Waals surface area contributed by atoms with Gasteiger partial charge in [0.1, 0.15) is 0 Å². The smallest absolute Gasteiger partial charge is 0.243 e. The van der Waals surface area contributed by atoms with Crippen LogP contribution in [-0.2, 0) is 14.8 Å². The van der Waals surface area contributed by atoms with Crippen molar-refractivity contribution in [2.45, 2.75) is 4.90 Å². The van der Waals surface area contributed by atoms with Gasteiger partial charge in [0.15, 0.2) is 10.9 Å². The van der Waals surface area contributed by atoms with Crippen molar-refractivity contribution >= 4 is 54.1 Å². The lowest BCUT2D eigenvalue weighted by molar-refractivity contribution is 0.0730. The minimum atomic E-state index is -3.65. The number of morpholine rings is 1. The van der Waals surface area contributed by atoms with Gasteiger partial charge in [-0.2, -0.15) is 4.31 Å². The quantitative estimate of drug-likeness (QED) is 0.578. The number of nitrogens with zero attached hydrogens (tertiary/aromatic N) is 2. The van der Waals surface area contributed by atoms with Gasteiger partial charge in [0, 0.05) is 23.7 Å². The predicted molar refractivity (Wildman–Crippen MR) is 113 cm³/mol. The second kappa shape index (κ2) is 8.37. The molecule has 10 heteroatoms. The summed E-state index contributed by atoms with van der Waals surface area (Å²) in [5, 5.41) is 4.24. The molecule has 0 unspecified atom stereocenters. The van der Waals surface area contributed by atoms with Gasteiger partial charge in [-0.25, -0.2) is 13.4 Å². The second-order valence-electron chi connectivity index (χ2n) is 6.45. The molecule has 0 radical (unpaired) electrons. The number of carbonyl (C=O) groups excluding carboxylic acids is 1. The van der Waals surface area contributed by atoms with Crippen LogP contribution in [0.1, 0.15) is 10.4 Å². The molecule has 3 aromatic rings. The molecule has 2 heterocycles. The van der Waals surface area contributed by atoms with Gasteiger partial charge < -0.3 is 10.1 Å². The molecule has 4 rings (SSSR count). The van der Waals surface area contributed by atoms with Gasteiger partial charge >= 0.3 is 0 Å². The van der Waals surface area contributed by atoms with Crippen molar-refractivity contribution < 1.29 is 17.9 Å². The van der Waals surface area contributed by atoms with Crippen molar-refractivity contribution in [3.05, 3.63) is 53.1 Å². The van der Waals surface area contributed by atoms with Crippen LogP contribution in [0.5, 0.6) is 0 Å². The van der Waals surface area contributed by atoms with Gasteiger partial charge in [-0.15, -0.1) is 0 Å².